The van der Waals surface area contributed by atoms with Crippen LogP contribution in [0.3, 0.4) is 0 Å². The molecule has 0 aliphatic rings. The zero-order valence-corrected chi connectivity index (χ0v) is 9.63. The Morgan fingerprint density at radius 2 is 2.13 bits per heavy atom. The summed E-state index contributed by atoms with van der Waals surface area (Å²) >= 11 is 0. The minimum atomic E-state index is 0.0640. The first-order valence-electron chi connectivity index (χ1n) is 5.56. The monoisotopic (exact) mass is 209 g/mol. The van der Waals surface area contributed by atoms with E-state index in [1.54, 1.807) is 0 Å². The lowest BCUT2D eigenvalue weighted by Gasteiger charge is -2.10. The van der Waals surface area contributed by atoms with Gasteiger partial charge in [-0.25, -0.2) is 0 Å². The zero-order valence-electron chi connectivity index (χ0n) is 9.63. The number of carbonyl (C=O) groups is 1. The van der Waals surface area contributed by atoms with E-state index >= 15 is 0 Å². The predicted octanol–water partition coefficient (Wildman–Crippen LogP) is 2.35. The summed E-state index contributed by atoms with van der Waals surface area (Å²) in [6, 6.07) is 1.88. The standard InChI is InChI=1S/C11H19N3O/c1-4-8(5-2)11(15)12-10-7-9(6-3)13-14-10/h7-8H,4-6H2,1-3H3,(H2,12,13,14,15). The molecular formula is C11H19N3O. The van der Waals surface area contributed by atoms with E-state index < -0.39 is 0 Å². The van der Waals surface area contributed by atoms with Crippen molar-refractivity contribution < 1.29 is 4.79 Å². The fraction of sp³-hybridized carbons (Fsp3) is 0.636. The van der Waals surface area contributed by atoms with E-state index in [9.17, 15) is 4.79 Å². The van der Waals surface area contributed by atoms with Gasteiger partial charge in [0.2, 0.25) is 5.91 Å². The SMILES string of the molecule is CCc1cc(NC(=O)C(CC)CC)n[nH]1. The molecule has 1 amide bonds. The van der Waals surface area contributed by atoms with Crippen LogP contribution in [0.2, 0.25) is 0 Å². The third-order valence-corrected chi connectivity index (χ3v) is 2.62. The van der Waals surface area contributed by atoms with Crippen LogP contribution < -0.4 is 5.32 Å². The average molecular weight is 209 g/mol. The van der Waals surface area contributed by atoms with Crippen molar-refractivity contribution in [2.24, 2.45) is 5.92 Å². The summed E-state index contributed by atoms with van der Waals surface area (Å²) in [5, 5.41) is 9.71. The van der Waals surface area contributed by atoms with Gasteiger partial charge in [-0.15, -0.1) is 0 Å². The van der Waals surface area contributed by atoms with Crippen LogP contribution in [0.5, 0.6) is 0 Å². The molecular weight excluding hydrogens is 190 g/mol. The Bertz CT molecular complexity index is 315. The maximum Gasteiger partial charge on any atom is 0.228 e. The first-order chi connectivity index (χ1) is 7.21. The number of carbonyl (C=O) groups excluding carboxylic acids is 1. The summed E-state index contributed by atoms with van der Waals surface area (Å²) in [6.07, 6.45) is 2.63. The van der Waals surface area contributed by atoms with Gasteiger partial charge in [-0.05, 0) is 19.3 Å². The fourth-order valence-corrected chi connectivity index (χ4v) is 1.49. The molecule has 4 nitrogen and oxygen atoms in total. The molecule has 0 spiro atoms. The molecule has 1 aromatic rings. The first kappa shape index (κ1) is 11.8. The average Bonchev–Trinajstić information content (AvgIpc) is 2.67. The lowest BCUT2D eigenvalue weighted by molar-refractivity contribution is -0.120. The molecule has 0 fully saturated rings. The Morgan fingerprint density at radius 1 is 1.47 bits per heavy atom. The number of nitrogens with one attached hydrogen (secondary N) is 2. The first-order valence-corrected chi connectivity index (χ1v) is 5.56. The van der Waals surface area contributed by atoms with Gasteiger partial charge in [0.15, 0.2) is 5.82 Å². The molecule has 2 N–H and O–H groups in total. The molecule has 0 bridgehead atoms. The maximum absolute atomic E-state index is 11.7. The van der Waals surface area contributed by atoms with E-state index in [2.05, 4.69) is 15.5 Å². The van der Waals surface area contributed by atoms with Crippen LogP contribution in [0.15, 0.2) is 6.07 Å². The van der Waals surface area contributed by atoms with Crippen LogP contribution in [-0.4, -0.2) is 16.1 Å². The van der Waals surface area contributed by atoms with E-state index in [1.165, 1.54) is 0 Å². The van der Waals surface area contributed by atoms with Crippen molar-refractivity contribution in [3.63, 3.8) is 0 Å². The summed E-state index contributed by atoms with van der Waals surface area (Å²) in [5.41, 5.74) is 1.04. The normalized spacial score (nSPS) is 10.7. The third-order valence-electron chi connectivity index (χ3n) is 2.62. The quantitative estimate of drug-likeness (QED) is 0.782. The van der Waals surface area contributed by atoms with Crippen LogP contribution in [-0.2, 0) is 11.2 Å². The lowest BCUT2D eigenvalue weighted by atomic mass is 10.0. The number of aromatic nitrogens is 2. The summed E-state index contributed by atoms with van der Waals surface area (Å²) < 4.78 is 0. The molecule has 0 unspecified atom stereocenters. The topological polar surface area (TPSA) is 57.8 Å². The molecule has 15 heavy (non-hydrogen) atoms. The number of hydrogen-bond acceptors (Lipinski definition) is 2. The Hall–Kier alpha value is -1.32. The van der Waals surface area contributed by atoms with E-state index in [0.29, 0.717) is 5.82 Å². The van der Waals surface area contributed by atoms with Gasteiger partial charge in [0.1, 0.15) is 0 Å². The van der Waals surface area contributed by atoms with Crippen molar-refractivity contribution in [3.05, 3.63) is 11.8 Å². The van der Waals surface area contributed by atoms with Crippen LogP contribution in [0.4, 0.5) is 5.82 Å². The molecule has 1 rings (SSSR count). The minimum Gasteiger partial charge on any atom is -0.309 e. The highest BCUT2D eigenvalue weighted by Gasteiger charge is 2.14. The van der Waals surface area contributed by atoms with Crippen molar-refractivity contribution in [3.8, 4) is 0 Å². The van der Waals surface area contributed by atoms with Crippen molar-refractivity contribution in [1.29, 1.82) is 0 Å². The summed E-state index contributed by atoms with van der Waals surface area (Å²) in [6.45, 7) is 6.09. The smallest absolute Gasteiger partial charge is 0.228 e. The van der Waals surface area contributed by atoms with Crippen molar-refractivity contribution in [2.75, 3.05) is 5.32 Å². The molecule has 4 heteroatoms. The van der Waals surface area contributed by atoms with Gasteiger partial charge in [0.25, 0.3) is 0 Å². The molecule has 0 radical (unpaired) electrons. The summed E-state index contributed by atoms with van der Waals surface area (Å²) in [5.74, 6) is 0.782. The van der Waals surface area contributed by atoms with Gasteiger partial charge < -0.3 is 5.32 Å². The molecule has 0 saturated heterocycles. The van der Waals surface area contributed by atoms with E-state index in [0.717, 1.165) is 25.0 Å². The molecule has 0 aliphatic heterocycles. The number of aryl methyl sites for hydroxylation is 1. The number of aromatic amines is 1. The summed E-state index contributed by atoms with van der Waals surface area (Å²) in [4.78, 5) is 11.7. The summed E-state index contributed by atoms with van der Waals surface area (Å²) in [7, 11) is 0. The second-order valence-corrected chi connectivity index (χ2v) is 3.63. The number of rotatable bonds is 5. The molecule has 1 aromatic heterocycles. The number of amides is 1. The van der Waals surface area contributed by atoms with Gasteiger partial charge in [-0.2, -0.15) is 5.10 Å². The zero-order chi connectivity index (χ0) is 11.3. The minimum absolute atomic E-state index is 0.0640. The highest BCUT2D eigenvalue weighted by molar-refractivity contribution is 5.91. The highest BCUT2D eigenvalue weighted by atomic mass is 16.1. The van der Waals surface area contributed by atoms with Crippen LogP contribution >= 0.6 is 0 Å². The van der Waals surface area contributed by atoms with E-state index in [1.807, 2.05) is 26.8 Å². The van der Waals surface area contributed by atoms with Gasteiger partial charge in [-0.3, -0.25) is 9.89 Å². The molecule has 1 heterocycles. The molecule has 0 aromatic carbocycles. The van der Waals surface area contributed by atoms with Crippen LogP contribution in [0.25, 0.3) is 0 Å². The Kier molecular flexibility index (Phi) is 4.34. The second-order valence-electron chi connectivity index (χ2n) is 3.63. The Morgan fingerprint density at radius 3 is 2.60 bits per heavy atom. The maximum atomic E-state index is 11.7. The third kappa shape index (κ3) is 3.08. The van der Waals surface area contributed by atoms with Gasteiger partial charge in [0, 0.05) is 17.7 Å². The highest BCUT2D eigenvalue weighted by Crippen LogP contribution is 2.12. The van der Waals surface area contributed by atoms with Gasteiger partial charge in [0.05, 0.1) is 0 Å². The predicted molar refractivity (Wildman–Crippen MR) is 60.7 cm³/mol. The van der Waals surface area contributed by atoms with Crippen LogP contribution in [0.1, 0.15) is 39.3 Å². The van der Waals surface area contributed by atoms with E-state index in [4.69, 9.17) is 0 Å². The van der Waals surface area contributed by atoms with Crippen molar-refractivity contribution >= 4 is 11.7 Å². The Labute approximate surface area is 90.5 Å². The molecule has 84 valence electrons. The number of nitrogens with zero attached hydrogens (tertiary/aromatic N) is 1. The lowest BCUT2D eigenvalue weighted by Crippen LogP contribution is -2.21. The van der Waals surface area contributed by atoms with Gasteiger partial charge >= 0.3 is 0 Å². The number of H-pyrrole nitrogens is 1. The molecule has 0 aliphatic carbocycles. The number of hydrogen-bond donors (Lipinski definition) is 2. The molecule has 0 atom stereocenters. The van der Waals surface area contributed by atoms with E-state index in [-0.39, 0.29) is 11.8 Å². The fourth-order valence-electron chi connectivity index (χ4n) is 1.49. The van der Waals surface area contributed by atoms with Crippen molar-refractivity contribution in [1.82, 2.24) is 10.2 Å². The van der Waals surface area contributed by atoms with Crippen molar-refractivity contribution in [2.45, 2.75) is 40.0 Å². The largest absolute Gasteiger partial charge is 0.309 e. The van der Waals surface area contributed by atoms with Crippen LogP contribution in [0, 0.1) is 5.92 Å². The Balaban J connectivity index is 2.57. The molecule has 0 saturated carbocycles. The van der Waals surface area contributed by atoms with Gasteiger partial charge in [-0.1, -0.05) is 20.8 Å². The second kappa shape index (κ2) is 5.53. The number of anilines is 1.